The maximum absolute atomic E-state index is 12.9. The molecule has 6 nitrogen and oxygen atoms in total. The molecule has 122 valence electrons. The summed E-state index contributed by atoms with van der Waals surface area (Å²) in [6.45, 7) is 5.52. The van der Waals surface area contributed by atoms with Crippen LogP contribution in [-0.4, -0.2) is 26.7 Å². The Kier molecular flexibility index (Phi) is 4.32. The zero-order valence-corrected chi connectivity index (χ0v) is 13.4. The molecule has 0 bridgehead atoms. The quantitative estimate of drug-likeness (QED) is 0.779. The Balaban J connectivity index is 2.42. The normalized spacial score (nSPS) is 15.2. The van der Waals surface area contributed by atoms with Crippen molar-refractivity contribution in [2.75, 3.05) is 11.4 Å². The molecular weight excluding hydrogens is 313 g/mol. The summed E-state index contributed by atoms with van der Waals surface area (Å²) in [5, 5.41) is 0. The van der Waals surface area contributed by atoms with Gasteiger partial charge in [0.05, 0.1) is 5.69 Å². The van der Waals surface area contributed by atoms with Crippen LogP contribution in [0.25, 0.3) is 0 Å². The highest BCUT2D eigenvalue weighted by molar-refractivity contribution is 7.81. The summed E-state index contributed by atoms with van der Waals surface area (Å²) >= 11 is 0. The number of hydrogen-bond acceptors (Lipinski definition) is 5. The van der Waals surface area contributed by atoms with Crippen molar-refractivity contribution >= 4 is 22.3 Å². The van der Waals surface area contributed by atoms with E-state index >= 15 is 0 Å². The number of carbonyl (C=O) groups excluding carboxylic acids is 1. The van der Waals surface area contributed by atoms with Gasteiger partial charge in [-0.1, -0.05) is 16.0 Å². The summed E-state index contributed by atoms with van der Waals surface area (Å²) in [5.41, 5.74) is 0.249. The van der Waals surface area contributed by atoms with Crippen molar-refractivity contribution in [2.24, 2.45) is 0 Å². The molecule has 1 aliphatic rings. The minimum atomic E-state index is -5.17. The van der Waals surface area contributed by atoms with Crippen LogP contribution >= 0.6 is 0 Å². The summed E-state index contributed by atoms with van der Waals surface area (Å²) in [7, 11) is -5.17. The lowest BCUT2D eigenvalue weighted by Crippen LogP contribution is -2.40. The molecular formula is C14H18FNO5S. The molecule has 0 N–H and O–H groups in total. The summed E-state index contributed by atoms with van der Waals surface area (Å²) in [5.74, 6) is -0.217. The monoisotopic (exact) mass is 331 g/mol. The summed E-state index contributed by atoms with van der Waals surface area (Å²) in [6, 6.07) is 4.60. The minimum Gasteiger partial charge on any atom is -0.443 e. The lowest BCUT2D eigenvalue weighted by molar-refractivity contribution is 0.0577. The maximum atomic E-state index is 12.9. The number of ether oxygens (including phenoxy) is 1. The van der Waals surface area contributed by atoms with E-state index in [1.54, 1.807) is 32.9 Å². The highest BCUT2D eigenvalue weighted by atomic mass is 32.3. The largest absolute Gasteiger partial charge is 0.488 e. The van der Waals surface area contributed by atoms with Gasteiger partial charge in [-0.05, 0) is 45.2 Å². The second-order valence-corrected chi connectivity index (χ2v) is 6.93. The Bertz CT molecular complexity index is 681. The van der Waals surface area contributed by atoms with Crippen LogP contribution in [0.5, 0.6) is 5.75 Å². The van der Waals surface area contributed by atoms with Gasteiger partial charge in [0, 0.05) is 6.54 Å². The highest BCUT2D eigenvalue weighted by Crippen LogP contribution is 2.37. The zero-order valence-electron chi connectivity index (χ0n) is 12.6. The molecule has 0 aliphatic carbocycles. The van der Waals surface area contributed by atoms with Gasteiger partial charge in [0.15, 0.2) is 5.75 Å². The number of carbonyl (C=O) groups is 1. The lowest BCUT2D eigenvalue weighted by atomic mass is 10.0. The third kappa shape index (κ3) is 4.09. The first-order chi connectivity index (χ1) is 10.1. The molecule has 0 atom stereocenters. The van der Waals surface area contributed by atoms with E-state index in [2.05, 4.69) is 4.18 Å². The number of anilines is 1. The van der Waals surface area contributed by atoms with Crippen molar-refractivity contribution in [3.8, 4) is 5.75 Å². The zero-order chi connectivity index (χ0) is 16.5. The number of aryl methyl sites for hydroxylation is 1. The van der Waals surface area contributed by atoms with E-state index in [1.165, 1.54) is 11.0 Å². The molecule has 0 fully saturated rings. The van der Waals surface area contributed by atoms with Crippen LogP contribution in [0, 0.1) is 0 Å². The van der Waals surface area contributed by atoms with E-state index in [9.17, 15) is 17.1 Å². The summed E-state index contributed by atoms with van der Waals surface area (Å²) in [4.78, 5) is 13.6. The van der Waals surface area contributed by atoms with Crippen molar-refractivity contribution < 1.29 is 26.0 Å². The maximum Gasteiger partial charge on any atom is 0.488 e. The minimum absolute atomic E-state index is 0.217. The molecule has 22 heavy (non-hydrogen) atoms. The molecule has 1 aromatic rings. The fourth-order valence-corrected chi connectivity index (χ4v) is 2.64. The Hall–Kier alpha value is -1.83. The number of benzene rings is 1. The third-order valence-electron chi connectivity index (χ3n) is 2.98. The van der Waals surface area contributed by atoms with Crippen LogP contribution in [0.2, 0.25) is 0 Å². The van der Waals surface area contributed by atoms with E-state index in [1.807, 2.05) is 0 Å². The number of halogens is 1. The first kappa shape index (κ1) is 16.5. The standard InChI is InChI=1S/C14H18FNO5S/c1-14(2,3)20-13(17)16-9-5-7-10-6-4-8-11(12(10)16)21-22(15,18)19/h4,6,8H,5,7,9H2,1-3H3. The molecule has 1 aromatic carbocycles. The molecule has 0 unspecified atom stereocenters. The Morgan fingerprint density at radius 3 is 2.59 bits per heavy atom. The van der Waals surface area contributed by atoms with E-state index in [0.29, 0.717) is 24.9 Å². The fourth-order valence-electron chi connectivity index (χ4n) is 2.29. The predicted octanol–water partition coefficient (Wildman–Crippen LogP) is 2.97. The SMILES string of the molecule is CC(C)(C)OC(=O)N1CCCc2cccc(OS(=O)(=O)F)c21. The number of amides is 1. The number of fused-ring (bicyclic) bond motifs is 1. The van der Waals surface area contributed by atoms with Crippen LogP contribution in [0.4, 0.5) is 14.4 Å². The van der Waals surface area contributed by atoms with Gasteiger partial charge < -0.3 is 8.92 Å². The van der Waals surface area contributed by atoms with E-state index in [4.69, 9.17) is 4.74 Å². The molecule has 0 spiro atoms. The number of hydrogen-bond donors (Lipinski definition) is 0. The van der Waals surface area contributed by atoms with Crippen LogP contribution < -0.4 is 9.08 Å². The van der Waals surface area contributed by atoms with Gasteiger partial charge in [0.25, 0.3) is 0 Å². The van der Waals surface area contributed by atoms with E-state index < -0.39 is 22.2 Å². The Labute approximate surface area is 129 Å². The van der Waals surface area contributed by atoms with Gasteiger partial charge in [-0.15, -0.1) is 0 Å². The van der Waals surface area contributed by atoms with Gasteiger partial charge in [-0.2, -0.15) is 8.42 Å². The van der Waals surface area contributed by atoms with Crippen molar-refractivity contribution in [3.05, 3.63) is 23.8 Å². The van der Waals surface area contributed by atoms with E-state index in [0.717, 1.165) is 0 Å². The Morgan fingerprint density at radius 1 is 1.32 bits per heavy atom. The van der Waals surface area contributed by atoms with Crippen LogP contribution in [0.3, 0.4) is 0 Å². The first-order valence-corrected chi connectivity index (χ1v) is 8.14. The molecule has 0 saturated heterocycles. The molecule has 0 radical (unpaired) electrons. The van der Waals surface area contributed by atoms with Crippen LogP contribution in [0.1, 0.15) is 32.8 Å². The van der Waals surface area contributed by atoms with Gasteiger partial charge in [0.2, 0.25) is 0 Å². The molecule has 0 aromatic heterocycles. The second-order valence-electron chi connectivity index (χ2n) is 5.98. The van der Waals surface area contributed by atoms with Gasteiger partial charge in [0.1, 0.15) is 5.60 Å². The average molecular weight is 331 g/mol. The van der Waals surface area contributed by atoms with Crippen LogP contribution in [-0.2, 0) is 21.7 Å². The Morgan fingerprint density at radius 2 is 2.00 bits per heavy atom. The molecule has 8 heteroatoms. The first-order valence-electron chi connectivity index (χ1n) is 6.83. The van der Waals surface area contributed by atoms with Gasteiger partial charge >= 0.3 is 16.6 Å². The number of para-hydroxylation sites is 1. The van der Waals surface area contributed by atoms with Crippen LogP contribution in [0.15, 0.2) is 18.2 Å². The van der Waals surface area contributed by atoms with Crippen molar-refractivity contribution in [2.45, 2.75) is 39.2 Å². The fraction of sp³-hybridized carbons (Fsp3) is 0.500. The summed E-state index contributed by atoms with van der Waals surface area (Å²) in [6.07, 6.45) is 0.705. The number of nitrogens with zero attached hydrogens (tertiary/aromatic N) is 1. The van der Waals surface area contributed by atoms with Crippen molar-refractivity contribution in [3.63, 3.8) is 0 Å². The molecule has 2 rings (SSSR count). The topological polar surface area (TPSA) is 72.9 Å². The molecule has 1 amide bonds. The summed E-state index contributed by atoms with van der Waals surface area (Å²) < 4.78 is 44.1. The van der Waals surface area contributed by atoms with Crippen molar-refractivity contribution in [1.29, 1.82) is 0 Å². The third-order valence-corrected chi connectivity index (χ3v) is 3.36. The smallest absolute Gasteiger partial charge is 0.443 e. The molecule has 0 saturated carbocycles. The predicted molar refractivity (Wildman–Crippen MR) is 79.0 cm³/mol. The molecule has 1 heterocycles. The van der Waals surface area contributed by atoms with Gasteiger partial charge in [-0.25, -0.2) is 4.79 Å². The number of rotatable bonds is 2. The second kappa shape index (κ2) is 5.75. The van der Waals surface area contributed by atoms with Crippen molar-refractivity contribution in [1.82, 2.24) is 0 Å². The van der Waals surface area contributed by atoms with E-state index in [-0.39, 0.29) is 11.4 Å². The lowest BCUT2D eigenvalue weighted by Gasteiger charge is -2.32. The molecule has 1 aliphatic heterocycles. The average Bonchev–Trinajstić information content (AvgIpc) is 2.34. The van der Waals surface area contributed by atoms with Gasteiger partial charge in [-0.3, -0.25) is 4.90 Å². The highest BCUT2D eigenvalue weighted by Gasteiger charge is 2.31.